The minimum absolute atomic E-state index is 0.725. The number of hydrogen-bond acceptors (Lipinski definition) is 2. The number of aryl methyl sites for hydroxylation is 1. The molecule has 0 aliphatic carbocycles. The van der Waals surface area contributed by atoms with Gasteiger partial charge in [-0.15, -0.1) is 0 Å². The fourth-order valence-corrected chi connectivity index (χ4v) is 2.43. The summed E-state index contributed by atoms with van der Waals surface area (Å²) in [5, 5.41) is 12.4. The Balaban J connectivity index is 2.29. The number of aliphatic carboxylic acids is 1. The lowest BCUT2D eigenvalue weighted by atomic mass is 10.1. The molecule has 0 amide bonds. The highest BCUT2D eigenvalue weighted by atomic mass is 79.9. The number of hydrogen-bond donors (Lipinski definition) is 2. The van der Waals surface area contributed by atoms with Crippen LogP contribution in [0.15, 0.2) is 53.0 Å². The molecule has 0 radical (unpaired) electrons. The topological polar surface area (TPSA) is 49.3 Å². The Bertz CT molecular complexity index is 584. The summed E-state index contributed by atoms with van der Waals surface area (Å²) in [7, 11) is 0. The summed E-state index contributed by atoms with van der Waals surface area (Å²) in [5.74, 6) is -0.904. The van der Waals surface area contributed by atoms with Crippen LogP contribution in [0.3, 0.4) is 0 Å². The molecule has 3 nitrogen and oxygen atoms in total. The van der Waals surface area contributed by atoms with Crippen LogP contribution in [0.2, 0.25) is 0 Å². The van der Waals surface area contributed by atoms with Gasteiger partial charge in [-0.2, -0.15) is 0 Å². The van der Waals surface area contributed by atoms with E-state index in [-0.39, 0.29) is 0 Å². The van der Waals surface area contributed by atoms with E-state index in [2.05, 4.69) is 21.2 Å². The molecule has 2 N–H and O–H groups in total. The van der Waals surface area contributed by atoms with Crippen molar-refractivity contribution in [3.63, 3.8) is 0 Å². The molecule has 2 aromatic carbocycles. The molecule has 0 aliphatic heterocycles. The number of anilines is 1. The standard InChI is InChI=1S/C15H14BrNO2/c1-10-7-8-13(12(16)9-10)17-14(15(18)19)11-5-3-2-4-6-11/h2-9,14,17H,1H3,(H,18,19). The summed E-state index contributed by atoms with van der Waals surface area (Å²) in [5.41, 5.74) is 2.60. The van der Waals surface area contributed by atoms with Crippen LogP contribution in [0.1, 0.15) is 17.2 Å². The maximum atomic E-state index is 11.4. The van der Waals surface area contributed by atoms with E-state index in [0.29, 0.717) is 0 Å². The number of benzene rings is 2. The van der Waals surface area contributed by atoms with Crippen molar-refractivity contribution in [2.45, 2.75) is 13.0 Å². The van der Waals surface area contributed by atoms with E-state index in [4.69, 9.17) is 0 Å². The first-order chi connectivity index (χ1) is 9.08. The SMILES string of the molecule is Cc1ccc(NC(C(=O)O)c2ccccc2)c(Br)c1. The van der Waals surface area contributed by atoms with Crippen LogP contribution in [-0.4, -0.2) is 11.1 Å². The lowest BCUT2D eigenvalue weighted by Gasteiger charge is -2.17. The minimum atomic E-state index is -0.904. The van der Waals surface area contributed by atoms with Gasteiger partial charge in [0.2, 0.25) is 0 Å². The van der Waals surface area contributed by atoms with E-state index >= 15 is 0 Å². The predicted octanol–water partition coefficient (Wildman–Crippen LogP) is 4.00. The fourth-order valence-electron chi connectivity index (χ4n) is 1.83. The zero-order valence-electron chi connectivity index (χ0n) is 10.4. The van der Waals surface area contributed by atoms with Gasteiger partial charge < -0.3 is 10.4 Å². The number of nitrogens with one attached hydrogen (secondary N) is 1. The molecule has 98 valence electrons. The van der Waals surface area contributed by atoms with Crippen LogP contribution >= 0.6 is 15.9 Å². The average Bonchev–Trinajstić information content (AvgIpc) is 2.38. The fraction of sp³-hybridized carbons (Fsp3) is 0.133. The maximum absolute atomic E-state index is 11.4. The molecule has 2 aromatic rings. The van der Waals surface area contributed by atoms with Gasteiger partial charge in [0.05, 0.1) is 0 Å². The van der Waals surface area contributed by atoms with Gasteiger partial charge in [0, 0.05) is 10.2 Å². The van der Waals surface area contributed by atoms with Gasteiger partial charge >= 0.3 is 5.97 Å². The molecule has 0 saturated heterocycles. The van der Waals surface area contributed by atoms with Crippen molar-refractivity contribution in [1.29, 1.82) is 0 Å². The molecule has 0 heterocycles. The Kier molecular flexibility index (Phi) is 4.22. The summed E-state index contributed by atoms with van der Waals surface area (Å²) < 4.78 is 0.856. The second-order valence-electron chi connectivity index (χ2n) is 4.31. The van der Waals surface area contributed by atoms with E-state index in [0.717, 1.165) is 21.3 Å². The molecule has 0 aliphatic rings. The third-order valence-electron chi connectivity index (χ3n) is 2.80. The molecule has 1 atom stereocenters. The lowest BCUT2D eigenvalue weighted by molar-refractivity contribution is -0.138. The lowest BCUT2D eigenvalue weighted by Crippen LogP contribution is -2.20. The third-order valence-corrected chi connectivity index (χ3v) is 3.46. The van der Waals surface area contributed by atoms with Gasteiger partial charge in [-0.3, -0.25) is 0 Å². The highest BCUT2D eigenvalue weighted by Gasteiger charge is 2.19. The molecule has 19 heavy (non-hydrogen) atoms. The molecule has 0 fully saturated rings. The van der Waals surface area contributed by atoms with E-state index in [1.165, 1.54) is 0 Å². The molecule has 0 aromatic heterocycles. The van der Waals surface area contributed by atoms with Gasteiger partial charge in [0.1, 0.15) is 0 Å². The Morgan fingerprint density at radius 1 is 1.21 bits per heavy atom. The van der Waals surface area contributed by atoms with Crippen LogP contribution < -0.4 is 5.32 Å². The van der Waals surface area contributed by atoms with Crippen LogP contribution in [0.5, 0.6) is 0 Å². The summed E-state index contributed by atoms with van der Waals surface area (Å²) in [6.07, 6.45) is 0. The number of carbonyl (C=O) groups is 1. The van der Waals surface area contributed by atoms with Crippen molar-refractivity contribution >= 4 is 27.6 Å². The first-order valence-electron chi connectivity index (χ1n) is 5.88. The zero-order valence-corrected chi connectivity index (χ0v) is 12.0. The van der Waals surface area contributed by atoms with Crippen LogP contribution in [0.25, 0.3) is 0 Å². The number of carboxylic acid groups (broad SMARTS) is 1. The van der Waals surface area contributed by atoms with Crippen molar-refractivity contribution in [2.75, 3.05) is 5.32 Å². The first-order valence-corrected chi connectivity index (χ1v) is 6.67. The number of rotatable bonds is 4. The third kappa shape index (κ3) is 3.35. The molecule has 1 unspecified atom stereocenters. The summed E-state index contributed by atoms with van der Waals surface area (Å²) in [4.78, 5) is 11.4. The van der Waals surface area contributed by atoms with E-state index < -0.39 is 12.0 Å². The summed E-state index contributed by atoms with van der Waals surface area (Å²) >= 11 is 3.44. The van der Waals surface area contributed by atoms with E-state index in [9.17, 15) is 9.90 Å². The van der Waals surface area contributed by atoms with Crippen molar-refractivity contribution in [1.82, 2.24) is 0 Å². The molecular formula is C15H14BrNO2. The van der Waals surface area contributed by atoms with Crippen LogP contribution in [-0.2, 0) is 4.79 Å². The van der Waals surface area contributed by atoms with Crippen molar-refractivity contribution in [3.8, 4) is 0 Å². The minimum Gasteiger partial charge on any atom is -0.479 e. The maximum Gasteiger partial charge on any atom is 0.330 e. The Hall–Kier alpha value is -1.81. The van der Waals surface area contributed by atoms with Crippen molar-refractivity contribution < 1.29 is 9.90 Å². The summed E-state index contributed by atoms with van der Waals surface area (Å²) in [6, 6.07) is 14.1. The van der Waals surface area contributed by atoms with Gasteiger partial charge in [-0.05, 0) is 46.1 Å². The quantitative estimate of drug-likeness (QED) is 0.895. The van der Waals surface area contributed by atoms with Gasteiger partial charge in [-0.25, -0.2) is 4.79 Å². The molecule has 0 spiro atoms. The van der Waals surface area contributed by atoms with Crippen molar-refractivity contribution in [3.05, 3.63) is 64.1 Å². The van der Waals surface area contributed by atoms with Crippen molar-refractivity contribution in [2.24, 2.45) is 0 Å². The Morgan fingerprint density at radius 3 is 2.47 bits per heavy atom. The van der Waals surface area contributed by atoms with Gasteiger partial charge in [0.25, 0.3) is 0 Å². The number of halogens is 1. The molecule has 0 bridgehead atoms. The van der Waals surface area contributed by atoms with E-state index in [1.807, 2.05) is 43.3 Å². The highest BCUT2D eigenvalue weighted by Crippen LogP contribution is 2.27. The number of carboxylic acids is 1. The molecule has 4 heteroatoms. The molecular weight excluding hydrogens is 306 g/mol. The molecule has 0 saturated carbocycles. The van der Waals surface area contributed by atoms with Crippen LogP contribution in [0.4, 0.5) is 5.69 Å². The second kappa shape index (κ2) is 5.89. The first kappa shape index (κ1) is 13.6. The monoisotopic (exact) mass is 319 g/mol. The van der Waals surface area contributed by atoms with Gasteiger partial charge in [0.15, 0.2) is 6.04 Å². The largest absolute Gasteiger partial charge is 0.479 e. The average molecular weight is 320 g/mol. The molecule has 2 rings (SSSR count). The summed E-state index contributed by atoms with van der Waals surface area (Å²) in [6.45, 7) is 1.99. The Morgan fingerprint density at radius 2 is 1.89 bits per heavy atom. The smallest absolute Gasteiger partial charge is 0.330 e. The Labute approximate surface area is 120 Å². The zero-order chi connectivity index (χ0) is 13.8. The normalized spacial score (nSPS) is 11.9. The second-order valence-corrected chi connectivity index (χ2v) is 5.16. The van der Waals surface area contributed by atoms with Crippen LogP contribution in [0, 0.1) is 6.92 Å². The highest BCUT2D eigenvalue weighted by molar-refractivity contribution is 9.10. The van der Waals surface area contributed by atoms with Gasteiger partial charge in [-0.1, -0.05) is 36.4 Å². The van der Waals surface area contributed by atoms with E-state index in [1.54, 1.807) is 12.1 Å². The predicted molar refractivity (Wildman–Crippen MR) is 79.3 cm³/mol.